The molecule has 1 heterocycles. The van der Waals surface area contributed by atoms with Gasteiger partial charge in [-0.15, -0.1) is 0 Å². The minimum atomic E-state index is -0.750. The van der Waals surface area contributed by atoms with E-state index in [0.717, 1.165) is 16.7 Å². The zero-order chi connectivity index (χ0) is 22.6. The molecule has 0 fully saturated rings. The quantitative estimate of drug-likeness (QED) is 0.522. The number of methoxy groups -OCH3 is 1. The third kappa shape index (κ3) is 4.22. The number of fused-ring (bicyclic) bond motifs is 1. The highest BCUT2D eigenvalue weighted by molar-refractivity contribution is 7.80. The van der Waals surface area contributed by atoms with Gasteiger partial charge in [-0.1, -0.05) is 48.5 Å². The topological polar surface area (TPSA) is 83.5 Å². The van der Waals surface area contributed by atoms with Gasteiger partial charge in [0, 0.05) is 36.3 Å². The number of hydrogen-bond donors (Lipinski definition) is 3. The van der Waals surface area contributed by atoms with E-state index in [-0.39, 0.29) is 23.5 Å². The monoisotopic (exact) mass is 447 g/mol. The van der Waals surface area contributed by atoms with E-state index in [1.54, 1.807) is 37.6 Å². The third-order valence-corrected chi connectivity index (χ3v) is 6.24. The molecule has 32 heavy (non-hydrogen) atoms. The highest BCUT2D eigenvalue weighted by atomic mass is 32.1. The van der Waals surface area contributed by atoms with Gasteiger partial charge >= 0.3 is 0 Å². The van der Waals surface area contributed by atoms with Crippen molar-refractivity contribution in [2.45, 2.75) is 18.4 Å². The molecule has 0 radical (unpaired) electrons. The van der Waals surface area contributed by atoms with Crippen LogP contribution in [0.15, 0.2) is 72.9 Å². The molecule has 6 nitrogen and oxygen atoms in total. The van der Waals surface area contributed by atoms with E-state index in [1.807, 2.05) is 42.5 Å². The van der Waals surface area contributed by atoms with Crippen molar-refractivity contribution < 1.29 is 14.6 Å². The Hall–Kier alpha value is -3.29. The van der Waals surface area contributed by atoms with Crippen LogP contribution in [0, 0.1) is 5.92 Å². The second-order valence-corrected chi connectivity index (χ2v) is 8.24. The Kier molecular flexibility index (Phi) is 6.48. The van der Waals surface area contributed by atoms with Gasteiger partial charge in [0.25, 0.3) is 5.91 Å². The van der Waals surface area contributed by atoms with Gasteiger partial charge < -0.3 is 15.2 Å². The molecular weight excluding hydrogens is 422 g/mol. The van der Waals surface area contributed by atoms with Crippen LogP contribution < -0.4 is 15.4 Å². The second-order valence-electron chi connectivity index (χ2n) is 7.83. The third-order valence-electron chi connectivity index (χ3n) is 6.03. The average Bonchev–Trinajstić information content (AvgIpc) is 2.84. The SMILES string of the molecule is COc1nccc2c1C[C@@](NC(=S)NC(=O)c1ccccc1)(c1ccccc1)[C@H](CO)C2. The summed E-state index contributed by atoms with van der Waals surface area (Å²) in [5.74, 6) is 0.0821. The molecule has 0 saturated heterocycles. The van der Waals surface area contributed by atoms with E-state index < -0.39 is 5.54 Å². The molecule has 3 aromatic rings. The van der Waals surface area contributed by atoms with Gasteiger partial charge in [0.15, 0.2) is 5.11 Å². The van der Waals surface area contributed by atoms with Gasteiger partial charge in [-0.05, 0) is 48.0 Å². The molecule has 2 atom stereocenters. The van der Waals surface area contributed by atoms with Crippen LogP contribution in [0.3, 0.4) is 0 Å². The lowest BCUT2D eigenvalue weighted by molar-refractivity contribution is 0.0971. The number of carbonyl (C=O) groups is 1. The molecule has 1 aliphatic carbocycles. The van der Waals surface area contributed by atoms with E-state index in [1.165, 1.54) is 0 Å². The van der Waals surface area contributed by atoms with Gasteiger partial charge in [-0.2, -0.15) is 0 Å². The van der Waals surface area contributed by atoms with E-state index in [2.05, 4.69) is 15.6 Å². The molecule has 1 aliphatic rings. The lowest BCUT2D eigenvalue weighted by Gasteiger charge is -2.46. The highest BCUT2D eigenvalue weighted by Crippen LogP contribution is 2.43. The van der Waals surface area contributed by atoms with Crippen LogP contribution in [0.5, 0.6) is 5.88 Å². The predicted molar refractivity (Wildman–Crippen MR) is 127 cm³/mol. The summed E-state index contributed by atoms with van der Waals surface area (Å²) in [6.07, 6.45) is 2.83. The Bertz CT molecular complexity index is 1110. The van der Waals surface area contributed by atoms with Crippen LogP contribution in [-0.2, 0) is 18.4 Å². The molecule has 0 aliphatic heterocycles. The number of amides is 1. The lowest BCUT2D eigenvalue weighted by Crippen LogP contribution is -2.59. The van der Waals surface area contributed by atoms with Crippen LogP contribution >= 0.6 is 12.2 Å². The Morgan fingerprint density at radius 2 is 1.84 bits per heavy atom. The normalized spacial score (nSPS) is 19.5. The lowest BCUT2D eigenvalue weighted by atomic mass is 9.67. The maximum absolute atomic E-state index is 12.7. The van der Waals surface area contributed by atoms with E-state index in [4.69, 9.17) is 17.0 Å². The van der Waals surface area contributed by atoms with Gasteiger partial charge in [-0.25, -0.2) is 4.98 Å². The molecule has 164 valence electrons. The number of carbonyl (C=O) groups excluding carboxylic acids is 1. The van der Waals surface area contributed by atoms with Gasteiger partial charge in [-0.3, -0.25) is 10.1 Å². The zero-order valence-corrected chi connectivity index (χ0v) is 18.6. The number of thiocarbonyl (C=S) groups is 1. The van der Waals surface area contributed by atoms with E-state index >= 15 is 0 Å². The molecule has 1 aromatic heterocycles. The highest BCUT2D eigenvalue weighted by Gasteiger charge is 2.45. The molecule has 3 N–H and O–H groups in total. The number of aromatic nitrogens is 1. The molecular formula is C25H25N3O3S. The maximum atomic E-state index is 12.7. The van der Waals surface area contributed by atoms with Crippen LogP contribution in [0.4, 0.5) is 0 Å². The summed E-state index contributed by atoms with van der Waals surface area (Å²) in [6, 6.07) is 20.7. The number of hydrogen-bond acceptors (Lipinski definition) is 5. The number of nitrogens with one attached hydrogen (secondary N) is 2. The van der Waals surface area contributed by atoms with Crippen molar-refractivity contribution in [3.63, 3.8) is 0 Å². The summed E-state index contributed by atoms with van der Waals surface area (Å²) in [5.41, 5.74) is 2.79. The number of ether oxygens (including phenoxy) is 1. The van der Waals surface area contributed by atoms with E-state index in [0.29, 0.717) is 24.3 Å². The summed E-state index contributed by atoms with van der Waals surface area (Å²) in [7, 11) is 1.60. The van der Waals surface area contributed by atoms with Crippen molar-refractivity contribution in [3.05, 3.63) is 95.2 Å². The smallest absolute Gasteiger partial charge is 0.257 e. The first kappa shape index (κ1) is 21.9. The molecule has 4 rings (SSSR count). The molecule has 7 heteroatoms. The number of rotatable bonds is 5. The molecule has 0 saturated carbocycles. The first-order valence-corrected chi connectivity index (χ1v) is 10.8. The predicted octanol–water partition coefficient (Wildman–Crippen LogP) is 3.00. The Labute approximate surface area is 192 Å². The molecule has 1 amide bonds. The number of pyridine rings is 1. The van der Waals surface area contributed by atoms with Crippen molar-refractivity contribution >= 4 is 23.2 Å². The minimum absolute atomic E-state index is 0.0543. The second kappa shape index (κ2) is 9.46. The number of aliphatic hydroxyl groups is 1. The van der Waals surface area contributed by atoms with Gasteiger partial charge in [0.1, 0.15) is 0 Å². The van der Waals surface area contributed by atoms with Gasteiger partial charge in [0.2, 0.25) is 5.88 Å². The van der Waals surface area contributed by atoms with Crippen molar-refractivity contribution in [2.75, 3.05) is 13.7 Å². The fraction of sp³-hybridized carbons (Fsp3) is 0.240. The summed E-state index contributed by atoms with van der Waals surface area (Å²) in [6.45, 7) is -0.0543. The number of aliphatic hydroxyl groups excluding tert-OH is 1. The molecule has 2 aromatic carbocycles. The Balaban J connectivity index is 1.71. The summed E-state index contributed by atoms with van der Waals surface area (Å²) in [4.78, 5) is 17.0. The zero-order valence-electron chi connectivity index (χ0n) is 17.7. The van der Waals surface area contributed by atoms with Crippen molar-refractivity contribution in [1.82, 2.24) is 15.6 Å². The summed E-state index contributed by atoms with van der Waals surface area (Å²) in [5, 5.41) is 16.8. The first-order chi connectivity index (χ1) is 15.6. The van der Waals surface area contributed by atoms with Crippen LogP contribution in [0.2, 0.25) is 0 Å². The van der Waals surface area contributed by atoms with Crippen molar-refractivity contribution in [2.24, 2.45) is 5.92 Å². The van der Waals surface area contributed by atoms with Crippen molar-refractivity contribution in [3.8, 4) is 5.88 Å². The van der Waals surface area contributed by atoms with Crippen LogP contribution in [-0.4, -0.2) is 34.8 Å². The maximum Gasteiger partial charge on any atom is 0.257 e. The largest absolute Gasteiger partial charge is 0.481 e. The van der Waals surface area contributed by atoms with Gasteiger partial charge in [0.05, 0.1) is 12.6 Å². The average molecular weight is 448 g/mol. The fourth-order valence-corrected chi connectivity index (χ4v) is 4.72. The molecule has 0 spiro atoms. The standard InChI is InChI=1S/C25H25N3O3S/c1-31-23-21-15-25(19-10-6-3-7-11-19,20(16-29)14-18(21)12-13-26-23)28-24(32)27-22(30)17-8-4-2-5-9-17/h2-13,20,29H,14-16H2,1H3,(H2,27,28,30,32)/t20-,25+/m0/s1. The molecule has 0 bridgehead atoms. The minimum Gasteiger partial charge on any atom is -0.481 e. The summed E-state index contributed by atoms with van der Waals surface area (Å²) >= 11 is 5.57. The van der Waals surface area contributed by atoms with Crippen molar-refractivity contribution in [1.29, 1.82) is 0 Å². The van der Waals surface area contributed by atoms with E-state index in [9.17, 15) is 9.90 Å². The Morgan fingerprint density at radius 3 is 2.50 bits per heavy atom. The number of nitrogens with zero attached hydrogens (tertiary/aromatic N) is 1. The fourth-order valence-electron chi connectivity index (χ4n) is 4.44. The summed E-state index contributed by atoms with van der Waals surface area (Å²) < 4.78 is 5.53. The number of benzene rings is 2. The molecule has 0 unspecified atom stereocenters. The Morgan fingerprint density at radius 1 is 1.16 bits per heavy atom. The van der Waals surface area contributed by atoms with Crippen LogP contribution in [0.25, 0.3) is 0 Å². The first-order valence-electron chi connectivity index (χ1n) is 10.4. The van der Waals surface area contributed by atoms with Crippen LogP contribution in [0.1, 0.15) is 27.0 Å².